The number of cyclic esters (lactones) is 1. The molecule has 4 heteroatoms. The molecule has 0 spiro atoms. The van der Waals surface area contributed by atoms with Gasteiger partial charge in [-0.25, -0.2) is 4.79 Å². The topological polar surface area (TPSA) is 35.5 Å². The van der Waals surface area contributed by atoms with Gasteiger partial charge >= 0.3 is 5.97 Å². The molecule has 3 nitrogen and oxygen atoms in total. The van der Waals surface area contributed by atoms with Gasteiger partial charge < -0.3 is 9.47 Å². The van der Waals surface area contributed by atoms with Crippen LogP contribution in [-0.2, 0) is 4.74 Å². The maximum absolute atomic E-state index is 11.7. The number of benzene rings is 1. The number of carbonyl (C=O) groups excluding carboxylic acids is 1. The van der Waals surface area contributed by atoms with E-state index in [4.69, 9.17) is 9.47 Å². The highest BCUT2D eigenvalue weighted by Gasteiger charge is 2.29. The third-order valence-corrected chi connectivity index (χ3v) is 3.40. The van der Waals surface area contributed by atoms with Crippen molar-refractivity contribution in [1.82, 2.24) is 0 Å². The summed E-state index contributed by atoms with van der Waals surface area (Å²) in [5.41, 5.74) is 1.38. The van der Waals surface area contributed by atoms with Crippen LogP contribution in [0.15, 0.2) is 22.7 Å². The fourth-order valence-corrected chi connectivity index (χ4v) is 2.45. The number of rotatable bonds is 3. The highest BCUT2D eigenvalue weighted by atomic mass is 79.9. The lowest BCUT2D eigenvalue weighted by atomic mass is 10.1. The van der Waals surface area contributed by atoms with E-state index in [1.807, 2.05) is 6.08 Å². The first-order chi connectivity index (χ1) is 8.19. The summed E-state index contributed by atoms with van der Waals surface area (Å²) in [4.78, 5) is 11.7. The van der Waals surface area contributed by atoms with E-state index in [0.717, 1.165) is 22.9 Å². The average molecular weight is 297 g/mol. The van der Waals surface area contributed by atoms with Crippen molar-refractivity contribution in [3.05, 3.63) is 33.8 Å². The Morgan fingerprint density at radius 3 is 2.88 bits per heavy atom. The summed E-state index contributed by atoms with van der Waals surface area (Å²) in [7, 11) is 1.60. The van der Waals surface area contributed by atoms with Crippen LogP contribution in [-0.4, -0.2) is 13.1 Å². The van der Waals surface area contributed by atoms with E-state index in [1.54, 1.807) is 19.2 Å². The van der Waals surface area contributed by atoms with Crippen LogP contribution in [0.1, 0.15) is 35.7 Å². The molecule has 1 aliphatic rings. The van der Waals surface area contributed by atoms with E-state index in [9.17, 15) is 4.79 Å². The Bertz CT molecular complexity index is 492. The van der Waals surface area contributed by atoms with Gasteiger partial charge in [-0.15, -0.1) is 0 Å². The third-order valence-electron chi connectivity index (χ3n) is 2.61. The van der Waals surface area contributed by atoms with Crippen LogP contribution in [0, 0.1) is 0 Å². The first-order valence-electron chi connectivity index (χ1n) is 5.48. The van der Waals surface area contributed by atoms with Crippen LogP contribution in [0.5, 0.6) is 5.75 Å². The van der Waals surface area contributed by atoms with Gasteiger partial charge in [0.2, 0.25) is 0 Å². The fourth-order valence-electron chi connectivity index (χ4n) is 1.75. The molecule has 0 aliphatic carbocycles. The predicted molar refractivity (Wildman–Crippen MR) is 69.0 cm³/mol. The van der Waals surface area contributed by atoms with Crippen LogP contribution in [0.25, 0.3) is 5.76 Å². The second-order valence-electron chi connectivity index (χ2n) is 3.75. The molecule has 0 atom stereocenters. The van der Waals surface area contributed by atoms with Crippen molar-refractivity contribution in [2.45, 2.75) is 19.8 Å². The zero-order valence-electron chi connectivity index (χ0n) is 9.75. The van der Waals surface area contributed by atoms with Crippen LogP contribution in [0.2, 0.25) is 0 Å². The molecule has 2 rings (SSSR count). The van der Waals surface area contributed by atoms with Crippen LogP contribution >= 0.6 is 15.9 Å². The molecular weight excluding hydrogens is 284 g/mol. The Morgan fingerprint density at radius 2 is 2.24 bits per heavy atom. The average Bonchev–Trinajstić information content (AvgIpc) is 2.65. The van der Waals surface area contributed by atoms with E-state index in [-0.39, 0.29) is 5.97 Å². The Balaban J connectivity index is 2.54. The zero-order chi connectivity index (χ0) is 12.4. The monoisotopic (exact) mass is 296 g/mol. The SMILES string of the molecule is CCC/C=C1\OC(=O)c2ccc(OC)c(Br)c21. The molecule has 0 aromatic heterocycles. The second kappa shape index (κ2) is 4.92. The van der Waals surface area contributed by atoms with Crippen LogP contribution < -0.4 is 4.74 Å². The predicted octanol–water partition coefficient (Wildman–Crippen LogP) is 3.77. The van der Waals surface area contributed by atoms with Crippen LogP contribution in [0.4, 0.5) is 0 Å². The minimum Gasteiger partial charge on any atom is -0.496 e. The number of carbonyl (C=O) groups is 1. The Hall–Kier alpha value is -1.29. The molecule has 1 aliphatic heterocycles. The number of halogens is 1. The van der Waals surface area contributed by atoms with Crippen molar-refractivity contribution in [1.29, 1.82) is 0 Å². The number of unbranched alkanes of at least 4 members (excludes halogenated alkanes) is 1. The highest BCUT2D eigenvalue weighted by Crippen LogP contribution is 2.40. The zero-order valence-corrected chi connectivity index (χ0v) is 11.3. The molecule has 1 heterocycles. The summed E-state index contributed by atoms with van der Waals surface area (Å²) in [6.45, 7) is 2.08. The van der Waals surface area contributed by atoms with Crippen LogP contribution in [0.3, 0.4) is 0 Å². The normalized spacial score (nSPS) is 15.9. The van der Waals surface area contributed by atoms with Gasteiger partial charge in [-0.05, 0) is 40.6 Å². The molecule has 1 aromatic rings. The molecule has 0 N–H and O–H groups in total. The summed E-state index contributed by atoms with van der Waals surface area (Å²) in [6, 6.07) is 3.49. The van der Waals surface area contributed by atoms with E-state index in [0.29, 0.717) is 17.1 Å². The van der Waals surface area contributed by atoms with Gasteiger partial charge in [-0.1, -0.05) is 13.3 Å². The van der Waals surface area contributed by atoms with Gasteiger partial charge in [0.25, 0.3) is 0 Å². The van der Waals surface area contributed by atoms with Crippen molar-refractivity contribution in [2.24, 2.45) is 0 Å². The molecule has 0 amide bonds. The molecular formula is C13H13BrO3. The summed E-state index contributed by atoms with van der Waals surface area (Å²) < 4.78 is 11.2. The molecule has 0 saturated carbocycles. The van der Waals surface area contributed by atoms with E-state index in [1.165, 1.54) is 0 Å². The lowest BCUT2D eigenvalue weighted by molar-refractivity contribution is 0.0715. The number of esters is 1. The number of ether oxygens (including phenoxy) is 2. The molecule has 0 unspecified atom stereocenters. The number of hydrogen-bond donors (Lipinski definition) is 0. The van der Waals surface area contributed by atoms with Gasteiger partial charge in [0, 0.05) is 5.56 Å². The smallest absolute Gasteiger partial charge is 0.344 e. The molecule has 1 aromatic carbocycles. The number of methoxy groups -OCH3 is 1. The van der Waals surface area contributed by atoms with Gasteiger partial charge in [0.05, 0.1) is 17.1 Å². The summed E-state index contributed by atoms with van der Waals surface area (Å²) in [5.74, 6) is 1.02. The highest BCUT2D eigenvalue weighted by molar-refractivity contribution is 9.10. The van der Waals surface area contributed by atoms with Gasteiger partial charge in [-0.3, -0.25) is 0 Å². The lowest BCUT2D eigenvalue weighted by Crippen LogP contribution is -1.94. The Kier molecular flexibility index (Phi) is 3.52. The minimum atomic E-state index is -0.300. The second-order valence-corrected chi connectivity index (χ2v) is 4.54. The third kappa shape index (κ3) is 2.09. The number of fused-ring (bicyclic) bond motifs is 1. The molecule has 0 fully saturated rings. The molecule has 17 heavy (non-hydrogen) atoms. The Morgan fingerprint density at radius 1 is 1.47 bits per heavy atom. The van der Waals surface area contributed by atoms with Crippen molar-refractivity contribution in [3.63, 3.8) is 0 Å². The van der Waals surface area contributed by atoms with E-state index < -0.39 is 0 Å². The summed E-state index contributed by atoms with van der Waals surface area (Å²) in [5, 5.41) is 0. The first kappa shape index (κ1) is 12.2. The molecule has 0 bridgehead atoms. The molecule has 0 saturated heterocycles. The quantitative estimate of drug-likeness (QED) is 0.797. The van der Waals surface area contributed by atoms with Gasteiger partial charge in [0.15, 0.2) is 0 Å². The lowest BCUT2D eigenvalue weighted by Gasteiger charge is -2.06. The van der Waals surface area contributed by atoms with Crippen molar-refractivity contribution < 1.29 is 14.3 Å². The van der Waals surface area contributed by atoms with Gasteiger partial charge in [-0.2, -0.15) is 0 Å². The van der Waals surface area contributed by atoms with Crippen molar-refractivity contribution in [2.75, 3.05) is 7.11 Å². The minimum absolute atomic E-state index is 0.300. The summed E-state index contributed by atoms with van der Waals surface area (Å²) >= 11 is 3.45. The van der Waals surface area contributed by atoms with E-state index >= 15 is 0 Å². The maximum Gasteiger partial charge on any atom is 0.344 e. The van der Waals surface area contributed by atoms with E-state index in [2.05, 4.69) is 22.9 Å². The molecule has 90 valence electrons. The number of allylic oxidation sites excluding steroid dienone is 1. The fraction of sp³-hybridized carbons (Fsp3) is 0.308. The first-order valence-corrected chi connectivity index (χ1v) is 6.27. The number of hydrogen-bond acceptors (Lipinski definition) is 3. The standard InChI is InChI=1S/C13H13BrO3/c1-3-4-5-9-11-8(13(15)17-9)6-7-10(16-2)12(11)14/h5-7H,3-4H2,1-2H3/b9-5-. The summed E-state index contributed by atoms with van der Waals surface area (Å²) in [6.07, 6.45) is 3.83. The largest absolute Gasteiger partial charge is 0.496 e. The van der Waals surface area contributed by atoms with Crippen molar-refractivity contribution >= 4 is 27.7 Å². The molecule has 0 radical (unpaired) electrons. The van der Waals surface area contributed by atoms with Gasteiger partial charge in [0.1, 0.15) is 11.5 Å². The maximum atomic E-state index is 11.7. The van der Waals surface area contributed by atoms with Crippen molar-refractivity contribution in [3.8, 4) is 5.75 Å². The Labute approximate surface area is 109 Å².